The van der Waals surface area contributed by atoms with Crippen LogP contribution in [0.15, 0.2) is 48.5 Å². The van der Waals surface area contributed by atoms with Crippen LogP contribution in [0.4, 0.5) is 4.39 Å². The van der Waals surface area contributed by atoms with Crippen LogP contribution in [0.25, 0.3) is 0 Å². The van der Waals surface area contributed by atoms with Crippen LogP contribution < -0.4 is 0 Å². The van der Waals surface area contributed by atoms with E-state index in [0.29, 0.717) is 0 Å². The van der Waals surface area contributed by atoms with E-state index in [0.717, 1.165) is 17.2 Å². The van der Waals surface area contributed by atoms with Crippen molar-refractivity contribution in [2.45, 2.75) is 43.0 Å². The van der Waals surface area contributed by atoms with E-state index < -0.39 is 0 Å². The Hall–Kier alpha value is -1.07. The van der Waals surface area contributed by atoms with Crippen molar-refractivity contribution in [1.29, 1.82) is 0 Å². The standard InChI is InChI=1S/C19H24AsF/c1-19(2,3)17-10-8-15(9-11-17)14-20-13-12-16-6-4-5-7-18(16)21/h4-11,20H,12-14H2,1-3H3. The fourth-order valence-corrected chi connectivity index (χ4v) is 4.69. The molecule has 0 radical (unpaired) electrons. The number of hydrogen-bond acceptors (Lipinski definition) is 0. The molecule has 1 atom stereocenters. The van der Waals surface area contributed by atoms with Crippen molar-refractivity contribution in [2.24, 2.45) is 0 Å². The van der Waals surface area contributed by atoms with E-state index in [1.165, 1.54) is 16.3 Å². The van der Waals surface area contributed by atoms with Crippen molar-refractivity contribution in [1.82, 2.24) is 0 Å². The van der Waals surface area contributed by atoms with Crippen LogP contribution in [-0.2, 0) is 17.0 Å². The van der Waals surface area contributed by atoms with Crippen LogP contribution in [0.3, 0.4) is 0 Å². The van der Waals surface area contributed by atoms with Gasteiger partial charge in [0, 0.05) is 0 Å². The van der Waals surface area contributed by atoms with Gasteiger partial charge in [0.1, 0.15) is 0 Å². The van der Waals surface area contributed by atoms with Gasteiger partial charge in [0.15, 0.2) is 0 Å². The van der Waals surface area contributed by atoms with Crippen LogP contribution >= 0.6 is 0 Å². The minimum atomic E-state index is -0.0568. The summed E-state index contributed by atoms with van der Waals surface area (Å²) in [4.78, 5) is 0. The van der Waals surface area contributed by atoms with E-state index in [2.05, 4.69) is 45.0 Å². The zero-order chi connectivity index (χ0) is 15.3. The predicted molar refractivity (Wildman–Crippen MR) is 90.9 cm³/mol. The molecule has 0 aliphatic rings. The molecule has 0 amide bonds. The molecule has 2 heteroatoms. The van der Waals surface area contributed by atoms with Crippen LogP contribution in [0.5, 0.6) is 0 Å². The Kier molecular flexibility index (Phi) is 5.64. The molecule has 0 N–H and O–H groups in total. The molecular formula is C19H24AsF. The summed E-state index contributed by atoms with van der Waals surface area (Å²) in [5.74, 6) is -0.0568. The number of rotatable bonds is 5. The van der Waals surface area contributed by atoms with Gasteiger partial charge in [0.2, 0.25) is 0 Å². The Morgan fingerprint density at radius 3 is 2.24 bits per heavy atom. The van der Waals surface area contributed by atoms with Gasteiger partial charge in [-0.25, -0.2) is 0 Å². The average Bonchev–Trinajstić information content (AvgIpc) is 2.45. The molecule has 0 saturated heterocycles. The number of halogens is 1. The van der Waals surface area contributed by atoms with E-state index in [9.17, 15) is 4.39 Å². The van der Waals surface area contributed by atoms with Gasteiger partial charge in [0.05, 0.1) is 0 Å². The van der Waals surface area contributed by atoms with Gasteiger partial charge in [-0.15, -0.1) is 0 Å². The molecule has 0 bridgehead atoms. The van der Waals surface area contributed by atoms with Crippen molar-refractivity contribution in [3.8, 4) is 0 Å². The number of benzene rings is 2. The Labute approximate surface area is 134 Å². The fraction of sp³-hybridized carbons (Fsp3) is 0.368. The molecule has 0 aliphatic carbocycles. The first kappa shape index (κ1) is 16.3. The molecule has 0 spiro atoms. The molecule has 0 aromatic heterocycles. The Balaban J connectivity index is 1.80. The second-order valence-electron chi connectivity index (χ2n) is 6.47. The van der Waals surface area contributed by atoms with Gasteiger partial charge in [-0.1, -0.05) is 0 Å². The van der Waals surface area contributed by atoms with E-state index in [1.807, 2.05) is 12.1 Å². The zero-order valence-electron chi connectivity index (χ0n) is 13.1. The minimum absolute atomic E-state index is 0.0339. The summed E-state index contributed by atoms with van der Waals surface area (Å²) in [5.41, 5.74) is 3.90. The number of hydrogen-bond donors (Lipinski definition) is 0. The SMILES string of the molecule is CC(C)(C)c1ccc(C[AsH]CCc2ccccc2F)cc1. The first-order valence-electron chi connectivity index (χ1n) is 7.50. The van der Waals surface area contributed by atoms with Crippen LogP contribution in [0.1, 0.15) is 37.5 Å². The van der Waals surface area contributed by atoms with E-state index in [-0.39, 0.29) is 27.0 Å². The maximum atomic E-state index is 13.5. The molecular weight excluding hydrogens is 322 g/mol. The van der Waals surface area contributed by atoms with Crippen LogP contribution in [0.2, 0.25) is 5.21 Å². The average molecular weight is 346 g/mol. The zero-order valence-corrected chi connectivity index (χ0v) is 15.2. The van der Waals surface area contributed by atoms with Gasteiger partial charge in [-0.05, 0) is 0 Å². The summed E-state index contributed by atoms with van der Waals surface area (Å²) >= 11 is -0.0339. The van der Waals surface area contributed by atoms with Gasteiger partial charge in [-0.3, -0.25) is 0 Å². The Morgan fingerprint density at radius 1 is 0.952 bits per heavy atom. The molecule has 21 heavy (non-hydrogen) atoms. The van der Waals surface area contributed by atoms with Gasteiger partial charge < -0.3 is 0 Å². The first-order valence-corrected chi connectivity index (χ1v) is 10.5. The first-order chi connectivity index (χ1) is 9.97. The Bertz CT molecular complexity index is 567. The maximum absolute atomic E-state index is 13.5. The third kappa shape index (κ3) is 5.00. The summed E-state index contributed by atoms with van der Waals surface area (Å²) < 4.78 is 13.5. The predicted octanol–water partition coefficient (Wildman–Crippen LogP) is 4.72. The van der Waals surface area contributed by atoms with E-state index in [1.54, 1.807) is 12.1 Å². The second-order valence-corrected chi connectivity index (χ2v) is 9.30. The molecule has 0 heterocycles. The fourth-order valence-electron chi connectivity index (χ4n) is 2.28. The van der Waals surface area contributed by atoms with Gasteiger partial charge in [0.25, 0.3) is 0 Å². The normalized spacial score (nSPS) is 12.2. The van der Waals surface area contributed by atoms with Crippen molar-refractivity contribution in [3.63, 3.8) is 0 Å². The summed E-state index contributed by atoms with van der Waals surface area (Å²) in [5, 5.41) is 2.35. The van der Waals surface area contributed by atoms with Crippen molar-refractivity contribution in [2.75, 3.05) is 0 Å². The molecule has 0 nitrogen and oxygen atoms in total. The molecule has 1 unspecified atom stereocenters. The summed E-state index contributed by atoms with van der Waals surface area (Å²) in [6, 6.07) is 16.1. The summed E-state index contributed by atoms with van der Waals surface area (Å²) in [7, 11) is 0. The van der Waals surface area contributed by atoms with Crippen molar-refractivity contribution in [3.05, 3.63) is 71.0 Å². The molecule has 0 aliphatic heterocycles. The van der Waals surface area contributed by atoms with Gasteiger partial charge in [-0.2, -0.15) is 0 Å². The molecule has 0 saturated carbocycles. The molecule has 0 fully saturated rings. The van der Waals surface area contributed by atoms with E-state index >= 15 is 0 Å². The van der Waals surface area contributed by atoms with E-state index in [4.69, 9.17) is 0 Å². The third-order valence-corrected chi connectivity index (χ3v) is 6.33. The van der Waals surface area contributed by atoms with Gasteiger partial charge >= 0.3 is 134 Å². The monoisotopic (exact) mass is 346 g/mol. The summed E-state index contributed by atoms with van der Waals surface area (Å²) in [6.45, 7) is 6.72. The molecule has 112 valence electrons. The second kappa shape index (κ2) is 7.27. The molecule has 2 rings (SSSR count). The topological polar surface area (TPSA) is 0 Å². The summed E-state index contributed by atoms with van der Waals surface area (Å²) in [6.07, 6.45) is 0.882. The van der Waals surface area contributed by atoms with Crippen LogP contribution in [-0.4, -0.2) is 15.8 Å². The molecule has 2 aromatic carbocycles. The quantitative estimate of drug-likeness (QED) is 0.543. The number of aryl methyl sites for hydroxylation is 1. The van der Waals surface area contributed by atoms with Crippen LogP contribution in [0, 0.1) is 5.82 Å². The third-order valence-electron chi connectivity index (χ3n) is 3.68. The Morgan fingerprint density at radius 2 is 1.62 bits per heavy atom. The van der Waals surface area contributed by atoms with Crippen molar-refractivity contribution >= 4 is 15.8 Å². The molecule has 2 aromatic rings. The van der Waals surface area contributed by atoms with Crippen molar-refractivity contribution < 1.29 is 4.39 Å².